The van der Waals surface area contributed by atoms with Crippen LogP contribution in [0.15, 0.2) is 18.2 Å². The first-order valence-electron chi connectivity index (χ1n) is 3.44. The number of imide groups is 1. The molecule has 1 aliphatic rings. The summed E-state index contributed by atoms with van der Waals surface area (Å²) in [5, 5.41) is 2.17. The van der Waals surface area contributed by atoms with Gasteiger partial charge >= 0.3 is 0 Å². The van der Waals surface area contributed by atoms with Crippen LogP contribution in [0.2, 0.25) is 0 Å². The standard InChI is InChI=1S/C8H6N2O2.K/c9-5-3-1-2-4-6(5)8(12)10-7(4)11;/h1-3H,9H2,(H,10,11,12);. The maximum atomic E-state index is 11.1. The van der Waals surface area contributed by atoms with Gasteiger partial charge in [-0.25, -0.2) is 0 Å². The quantitative estimate of drug-likeness (QED) is 0.346. The van der Waals surface area contributed by atoms with Crippen molar-refractivity contribution < 1.29 is 9.59 Å². The molecule has 0 saturated heterocycles. The van der Waals surface area contributed by atoms with Gasteiger partial charge in [0.25, 0.3) is 11.8 Å². The SMILES string of the molecule is Nc1cccc2c1C(=O)NC2=O.[K]. The summed E-state index contributed by atoms with van der Waals surface area (Å²) in [4.78, 5) is 22.1. The molecular formula is C8H6KN2O2. The minimum atomic E-state index is -0.409. The number of hydrogen-bond donors (Lipinski definition) is 2. The van der Waals surface area contributed by atoms with E-state index in [1.54, 1.807) is 18.2 Å². The summed E-state index contributed by atoms with van der Waals surface area (Å²) in [5.41, 5.74) is 6.51. The fourth-order valence-corrected chi connectivity index (χ4v) is 1.25. The molecular weight excluding hydrogens is 195 g/mol. The fourth-order valence-electron chi connectivity index (χ4n) is 1.25. The molecule has 5 heteroatoms. The Morgan fingerprint density at radius 1 is 1.15 bits per heavy atom. The fraction of sp³-hybridized carbons (Fsp3) is 0. The van der Waals surface area contributed by atoms with E-state index in [2.05, 4.69) is 5.32 Å². The summed E-state index contributed by atoms with van der Waals surface area (Å²) < 4.78 is 0. The molecule has 0 atom stereocenters. The van der Waals surface area contributed by atoms with Crippen molar-refractivity contribution >= 4 is 68.9 Å². The second kappa shape index (κ2) is 3.89. The minimum absolute atomic E-state index is 0. The number of carbonyl (C=O) groups is 2. The van der Waals surface area contributed by atoms with Gasteiger partial charge in [-0.1, -0.05) is 6.07 Å². The summed E-state index contributed by atoms with van der Waals surface area (Å²) >= 11 is 0. The van der Waals surface area contributed by atoms with E-state index >= 15 is 0 Å². The van der Waals surface area contributed by atoms with Gasteiger partial charge < -0.3 is 5.73 Å². The number of fused-ring (bicyclic) bond motifs is 1. The molecule has 1 heterocycles. The molecule has 0 bridgehead atoms. The third-order valence-corrected chi connectivity index (χ3v) is 1.80. The van der Waals surface area contributed by atoms with E-state index in [9.17, 15) is 9.59 Å². The average Bonchev–Trinajstić information content (AvgIpc) is 2.29. The second-order valence-electron chi connectivity index (χ2n) is 2.55. The van der Waals surface area contributed by atoms with Gasteiger partial charge in [-0.05, 0) is 12.1 Å². The molecule has 2 amide bonds. The summed E-state index contributed by atoms with van der Waals surface area (Å²) in [6.45, 7) is 0. The molecule has 3 N–H and O–H groups in total. The van der Waals surface area contributed by atoms with E-state index < -0.39 is 5.91 Å². The van der Waals surface area contributed by atoms with E-state index in [-0.39, 0.29) is 57.3 Å². The first-order chi connectivity index (χ1) is 5.70. The van der Waals surface area contributed by atoms with E-state index in [1.165, 1.54) is 0 Å². The van der Waals surface area contributed by atoms with Gasteiger partial charge in [0, 0.05) is 57.1 Å². The number of benzene rings is 1. The van der Waals surface area contributed by atoms with Gasteiger partial charge in [0.1, 0.15) is 0 Å². The van der Waals surface area contributed by atoms with Crippen LogP contribution >= 0.6 is 0 Å². The van der Waals surface area contributed by atoms with Gasteiger partial charge in [-0.3, -0.25) is 14.9 Å². The maximum Gasteiger partial charge on any atom is 0.261 e. The average molecular weight is 201 g/mol. The first kappa shape index (κ1) is 10.9. The number of rotatable bonds is 0. The molecule has 0 fully saturated rings. The zero-order valence-electron chi connectivity index (χ0n) is 7.13. The van der Waals surface area contributed by atoms with Crippen LogP contribution in [0.1, 0.15) is 20.7 Å². The van der Waals surface area contributed by atoms with Crippen molar-refractivity contribution in [1.82, 2.24) is 5.32 Å². The van der Waals surface area contributed by atoms with Gasteiger partial charge in [-0.2, -0.15) is 0 Å². The second-order valence-corrected chi connectivity index (χ2v) is 2.55. The number of carbonyl (C=O) groups excluding carboxylic acids is 2. The molecule has 1 aliphatic heterocycles. The van der Waals surface area contributed by atoms with Gasteiger partial charge in [0.2, 0.25) is 0 Å². The van der Waals surface area contributed by atoms with E-state index in [4.69, 9.17) is 5.73 Å². The van der Waals surface area contributed by atoms with Crippen LogP contribution in [-0.4, -0.2) is 63.2 Å². The molecule has 0 spiro atoms. The third kappa shape index (κ3) is 1.70. The van der Waals surface area contributed by atoms with Gasteiger partial charge in [-0.15, -0.1) is 0 Å². The number of anilines is 1. The molecule has 13 heavy (non-hydrogen) atoms. The Balaban J connectivity index is 0.000000845. The normalized spacial score (nSPS) is 13.2. The van der Waals surface area contributed by atoms with E-state index in [0.29, 0.717) is 16.8 Å². The van der Waals surface area contributed by atoms with E-state index in [1.807, 2.05) is 0 Å². The largest absolute Gasteiger partial charge is 0.398 e. The zero-order valence-corrected chi connectivity index (χ0v) is 10.2. The van der Waals surface area contributed by atoms with Crippen LogP contribution < -0.4 is 11.1 Å². The summed E-state index contributed by atoms with van der Waals surface area (Å²) in [7, 11) is 0. The number of nitrogen functional groups attached to an aromatic ring is 1. The van der Waals surface area contributed by atoms with Crippen molar-refractivity contribution in [1.29, 1.82) is 0 Å². The van der Waals surface area contributed by atoms with Crippen LogP contribution in [0.3, 0.4) is 0 Å². The molecule has 4 nitrogen and oxygen atoms in total. The summed E-state index contributed by atoms with van der Waals surface area (Å²) in [5.74, 6) is -0.782. The number of nitrogens with two attached hydrogens (primary N) is 1. The molecule has 1 radical (unpaired) electrons. The Kier molecular flexibility index (Phi) is 3.26. The smallest absolute Gasteiger partial charge is 0.261 e. The van der Waals surface area contributed by atoms with Crippen molar-refractivity contribution in [2.75, 3.05) is 5.73 Å². The maximum absolute atomic E-state index is 11.1. The Morgan fingerprint density at radius 3 is 2.46 bits per heavy atom. The molecule has 1 aromatic rings. The third-order valence-electron chi connectivity index (χ3n) is 1.80. The van der Waals surface area contributed by atoms with Crippen LogP contribution in [-0.2, 0) is 0 Å². The topological polar surface area (TPSA) is 72.2 Å². The predicted octanol–water partition coefficient (Wildman–Crippen LogP) is -0.228. The Hall–Kier alpha value is -0.204. The first-order valence-corrected chi connectivity index (χ1v) is 3.44. The van der Waals surface area contributed by atoms with Crippen LogP contribution in [0.5, 0.6) is 0 Å². The molecule has 0 aliphatic carbocycles. The van der Waals surface area contributed by atoms with Crippen LogP contribution in [0.25, 0.3) is 0 Å². The van der Waals surface area contributed by atoms with E-state index in [0.717, 1.165) is 0 Å². The van der Waals surface area contributed by atoms with Gasteiger partial charge in [0.05, 0.1) is 11.1 Å². The molecule has 0 unspecified atom stereocenters. The van der Waals surface area contributed by atoms with Gasteiger partial charge in [0.15, 0.2) is 0 Å². The minimum Gasteiger partial charge on any atom is -0.398 e. The molecule has 1 aromatic carbocycles. The number of hydrogen-bond acceptors (Lipinski definition) is 3. The predicted molar refractivity (Wildman–Crippen MR) is 48.4 cm³/mol. The Labute approximate surface area is 117 Å². The number of nitrogens with one attached hydrogen (secondary N) is 1. The van der Waals surface area contributed by atoms with Crippen molar-refractivity contribution in [3.05, 3.63) is 29.3 Å². The van der Waals surface area contributed by atoms with Crippen molar-refractivity contribution in [2.45, 2.75) is 0 Å². The monoisotopic (exact) mass is 201 g/mol. The number of amides is 2. The molecule has 0 saturated carbocycles. The zero-order chi connectivity index (χ0) is 8.72. The molecule has 0 aromatic heterocycles. The Morgan fingerprint density at radius 2 is 1.85 bits per heavy atom. The Bertz CT molecular complexity index is 390. The van der Waals surface area contributed by atoms with Crippen molar-refractivity contribution in [2.24, 2.45) is 0 Å². The molecule has 2 rings (SSSR count). The summed E-state index contributed by atoms with van der Waals surface area (Å²) in [6.07, 6.45) is 0. The van der Waals surface area contributed by atoms with Crippen molar-refractivity contribution in [3.63, 3.8) is 0 Å². The van der Waals surface area contributed by atoms with Crippen LogP contribution in [0, 0.1) is 0 Å². The van der Waals surface area contributed by atoms with Crippen molar-refractivity contribution in [3.8, 4) is 0 Å². The summed E-state index contributed by atoms with van der Waals surface area (Å²) in [6, 6.07) is 4.81. The molecule has 61 valence electrons. The van der Waals surface area contributed by atoms with Crippen LogP contribution in [0.4, 0.5) is 5.69 Å².